The quantitative estimate of drug-likeness (QED) is 0.492. The summed E-state index contributed by atoms with van der Waals surface area (Å²) < 4.78 is 25.1. The number of rotatable bonds is 7. The van der Waals surface area contributed by atoms with Crippen LogP contribution in [0.2, 0.25) is 0 Å². The summed E-state index contributed by atoms with van der Waals surface area (Å²) in [7, 11) is 0. The van der Waals surface area contributed by atoms with E-state index in [1.807, 2.05) is 4.90 Å². The molecule has 12 heteroatoms. The van der Waals surface area contributed by atoms with Crippen molar-refractivity contribution in [1.82, 2.24) is 10.2 Å². The molecular formula is C21H24FN5O6. The van der Waals surface area contributed by atoms with Gasteiger partial charge in [0.1, 0.15) is 16.8 Å². The van der Waals surface area contributed by atoms with E-state index in [4.69, 9.17) is 9.15 Å². The smallest absolute Gasteiger partial charge is 0.437 e. The highest BCUT2D eigenvalue weighted by molar-refractivity contribution is 5.90. The predicted molar refractivity (Wildman–Crippen MR) is 116 cm³/mol. The number of cyclic esters (lactones) is 1. The van der Waals surface area contributed by atoms with E-state index in [0.717, 1.165) is 0 Å². The van der Waals surface area contributed by atoms with Gasteiger partial charge in [-0.2, -0.15) is 0 Å². The molecular weight excluding hydrogens is 437 g/mol. The molecule has 2 aliphatic rings. The minimum Gasteiger partial charge on any atom is -0.442 e. The third kappa shape index (κ3) is 5.06. The number of carbonyl (C=O) groups is 2. The van der Waals surface area contributed by atoms with E-state index in [1.165, 1.54) is 24.2 Å². The fourth-order valence-corrected chi connectivity index (χ4v) is 4.01. The summed E-state index contributed by atoms with van der Waals surface area (Å²) >= 11 is 0. The first-order valence-corrected chi connectivity index (χ1v) is 10.5. The first kappa shape index (κ1) is 22.5. The first-order valence-electron chi connectivity index (χ1n) is 10.5. The highest BCUT2D eigenvalue weighted by Gasteiger charge is 2.33. The van der Waals surface area contributed by atoms with E-state index in [-0.39, 0.29) is 24.9 Å². The van der Waals surface area contributed by atoms with Gasteiger partial charge in [0.2, 0.25) is 5.91 Å². The number of hydrogen-bond acceptors (Lipinski definition) is 8. The molecule has 176 valence electrons. The van der Waals surface area contributed by atoms with Gasteiger partial charge in [0.25, 0.3) is 0 Å². The Kier molecular flexibility index (Phi) is 6.45. The van der Waals surface area contributed by atoms with Crippen LogP contribution in [0.4, 0.5) is 26.4 Å². The molecule has 0 spiro atoms. The molecule has 3 heterocycles. The summed E-state index contributed by atoms with van der Waals surface area (Å²) in [6.45, 7) is 4.49. The van der Waals surface area contributed by atoms with Gasteiger partial charge in [0.05, 0.1) is 36.3 Å². The Morgan fingerprint density at radius 1 is 1.27 bits per heavy atom. The Labute approximate surface area is 188 Å². The van der Waals surface area contributed by atoms with Crippen molar-refractivity contribution in [2.24, 2.45) is 0 Å². The molecule has 0 radical (unpaired) electrons. The third-order valence-electron chi connectivity index (χ3n) is 5.69. The zero-order valence-corrected chi connectivity index (χ0v) is 18.0. The maximum Gasteiger partial charge on any atom is 0.437 e. The van der Waals surface area contributed by atoms with E-state index in [0.29, 0.717) is 49.7 Å². The van der Waals surface area contributed by atoms with Gasteiger partial charge >= 0.3 is 12.0 Å². The molecule has 2 fully saturated rings. The molecule has 1 N–H and O–H groups in total. The fraction of sp³-hybridized carbons (Fsp3) is 0.429. The topological polar surface area (TPSA) is 121 Å². The van der Waals surface area contributed by atoms with E-state index in [1.54, 1.807) is 18.2 Å². The number of nitrogens with one attached hydrogen (secondary N) is 1. The lowest BCUT2D eigenvalue weighted by Crippen LogP contribution is -2.46. The summed E-state index contributed by atoms with van der Waals surface area (Å²) in [6, 6.07) is 6.20. The number of nitrogens with zero attached hydrogens (tertiary/aromatic N) is 4. The number of anilines is 2. The van der Waals surface area contributed by atoms with E-state index < -0.39 is 22.9 Å². The van der Waals surface area contributed by atoms with Gasteiger partial charge in [-0.05, 0) is 24.3 Å². The zero-order chi connectivity index (χ0) is 23.5. The molecule has 2 amide bonds. The Morgan fingerprint density at radius 2 is 2.03 bits per heavy atom. The van der Waals surface area contributed by atoms with Crippen molar-refractivity contribution < 1.29 is 28.1 Å². The Hall–Kier alpha value is -3.67. The van der Waals surface area contributed by atoms with Crippen LogP contribution in [0.5, 0.6) is 0 Å². The molecule has 0 saturated carbocycles. The number of nitro groups is 1. The second kappa shape index (κ2) is 9.45. The molecule has 11 nitrogen and oxygen atoms in total. The zero-order valence-electron chi connectivity index (χ0n) is 18.0. The number of hydrogen-bond donors (Lipinski definition) is 1. The minimum absolute atomic E-state index is 0.199. The van der Waals surface area contributed by atoms with Crippen molar-refractivity contribution in [2.75, 3.05) is 49.1 Å². The number of amides is 2. The van der Waals surface area contributed by atoms with Crippen LogP contribution < -0.4 is 15.1 Å². The highest BCUT2D eigenvalue weighted by atomic mass is 19.1. The molecule has 0 aliphatic carbocycles. The van der Waals surface area contributed by atoms with Crippen molar-refractivity contribution in [1.29, 1.82) is 0 Å². The summed E-state index contributed by atoms with van der Waals surface area (Å²) in [4.78, 5) is 39.0. The molecule has 0 bridgehead atoms. The first-order chi connectivity index (χ1) is 15.8. The number of carbonyl (C=O) groups excluding carboxylic acids is 2. The van der Waals surface area contributed by atoms with Crippen LogP contribution in [0.1, 0.15) is 12.5 Å². The summed E-state index contributed by atoms with van der Waals surface area (Å²) in [5.74, 6) is -0.925. The largest absolute Gasteiger partial charge is 0.442 e. The summed E-state index contributed by atoms with van der Waals surface area (Å²) in [5, 5.41) is 13.6. The van der Waals surface area contributed by atoms with Crippen molar-refractivity contribution in [3.05, 3.63) is 52.0 Å². The number of halogens is 1. The standard InChI is InChI=1S/C21H24FN5O6/c1-14(28)23-11-17-13-26(21(29)33-17)16-2-3-19(18(22)10-16)25-7-5-24(6-8-25)12-15-4-9-32-20(15)27(30)31/h2-4,9-10,17H,5-8,11-13H2,1H3,(H,23,28)/t17-/m0/s1. The summed E-state index contributed by atoms with van der Waals surface area (Å²) in [5.41, 5.74) is 1.32. The van der Waals surface area contributed by atoms with Gasteiger partial charge in [0.15, 0.2) is 0 Å². The maximum absolute atomic E-state index is 14.9. The van der Waals surface area contributed by atoms with Crippen LogP contribution in [0, 0.1) is 15.9 Å². The van der Waals surface area contributed by atoms with Crippen molar-refractivity contribution in [3.63, 3.8) is 0 Å². The second-order valence-electron chi connectivity index (χ2n) is 7.96. The molecule has 1 aromatic heterocycles. The maximum atomic E-state index is 14.9. The van der Waals surface area contributed by atoms with Crippen LogP contribution in [0.25, 0.3) is 0 Å². The van der Waals surface area contributed by atoms with Crippen LogP contribution in [0.15, 0.2) is 34.9 Å². The van der Waals surface area contributed by atoms with Crippen molar-refractivity contribution >= 4 is 29.3 Å². The predicted octanol–water partition coefficient (Wildman–Crippen LogP) is 2.11. The van der Waals surface area contributed by atoms with Gasteiger partial charge in [-0.3, -0.25) is 24.7 Å². The lowest BCUT2D eigenvalue weighted by atomic mass is 10.2. The van der Waals surface area contributed by atoms with E-state index in [9.17, 15) is 24.1 Å². The number of furan rings is 1. The number of piperazine rings is 1. The molecule has 2 saturated heterocycles. The Morgan fingerprint density at radius 3 is 2.70 bits per heavy atom. The molecule has 0 unspecified atom stereocenters. The minimum atomic E-state index is -0.584. The Balaban J connectivity index is 1.35. The normalized spacial score (nSPS) is 19.0. The molecule has 1 aromatic carbocycles. The number of benzene rings is 1. The van der Waals surface area contributed by atoms with Gasteiger partial charge in [-0.25, -0.2) is 9.18 Å². The van der Waals surface area contributed by atoms with Crippen LogP contribution in [-0.4, -0.2) is 67.2 Å². The van der Waals surface area contributed by atoms with Gasteiger partial charge in [-0.15, -0.1) is 0 Å². The lowest BCUT2D eigenvalue weighted by molar-refractivity contribution is -0.403. The summed E-state index contributed by atoms with van der Waals surface area (Å²) in [6.07, 6.45) is 0.224. The van der Waals surface area contributed by atoms with Gasteiger partial charge in [-0.1, -0.05) is 0 Å². The van der Waals surface area contributed by atoms with Crippen LogP contribution >= 0.6 is 0 Å². The molecule has 1 atom stereocenters. The average Bonchev–Trinajstić information content (AvgIpc) is 3.39. The number of ether oxygens (including phenoxy) is 1. The van der Waals surface area contributed by atoms with Gasteiger partial charge < -0.3 is 19.4 Å². The third-order valence-corrected chi connectivity index (χ3v) is 5.69. The monoisotopic (exact) mass is 461 g/mol. The molecule has 2 aliphatic heterocycles. The van der Waals surface area contributed by atoms with Crippen molar-refractivity contribution in [2.45, 2.75) is 19.6 Å². The van der Waals surface area contributed by atoms with E-state index >= 15 is 0 Å². The van der Waals surface area contributed by atoms with Crippen LogP contribution in [-0.2, 0) is 16.1 Å². The molecule has 4 rings (SSSR count). The lowest BCUT2D eigenvalue weighted by Gasteiger charge is -2.36. The van der Waals surface area contributed by atoms with E-state index in [2.05, 4.69) is 10.2 Å². The van der Waals surface area contributed by atoms with Crippen molar-refractivity contribution in [3.8, 4) is 0 Å². The second-order valence-corrected chi connectivity index (χ2v) is 7.96. The Bertz CT molecular complexity index is 1050. The highest BCUT2D eigenvalue weighted by Crippen LogP contribution is 2.29. The van der Waals surface area contributed by atoms with Gasteiger partial charge in [0, 0.05) is 39.6 Å². The SMILES string of the molecule is CC(=O)NC[C@H]1CN(c2ccc(N3CCN(Cc4ccoc4[N+](=O)[O-])CC3)c(F)c2)C(=O)O1. The molecule has 2 aromatic rings. The fourth-order valence-electron chi connectivity index (χ4n) is 4.01. The average molecular weight is 461 g/mol. The molecule has 33 heavy (non-hydrogen) atoms. The van der Waals surface area contributed by atoms with Crippen LogP contribution in [0.3, 0.4) is 0 Å².